The molecule has 2 rings (SSSR count). The molecule has 0 radical (unpaired) electrons. The highest BCUT2D eigenvalue weighted by atomic mass is 16.5. The van der Waals surface area contributed by atoms with Gasteiger partial charge in [-0.2, -0.15) is 0 Å². The van der Waals surface area contributed by atoms with Crippen molar-refractivity contribution in [1.82, 2.24) is 14.5 Å². The lowest BCUT2D eigenvalue weighted by molar-refractivity contribution is -0.142. The third-order valence-electron chi connectivity index (χ3n) is 4.01. The summed E-state index contributed by atoms with van der Waals surface area (Å²) in [6, 6.07) is 0. The number of hydrogen-bond acceptors (Lipinski definition) is 4. The van der Waals surface area contributed by atoms with E-state index in [-0.39, 0.29) is 5.97 Å². The predicted octanol–water partition coefficient (Wildman–Crippen LogP) is 1.89. The minimum atomic E-state index is -0.139. The molecule has 0 spiro atoms. The maximum absolute atomic E-state index is 11.3. The van der Waals surface area contributed by atoms with Crippen molar-refractivity contribution < 1.29 is 9.53 Å². The highest BCUT2D eigenvalue weighted by Crippen LogP contribution is 2.21. The first-order valence-electron chi connectivity index (χ1n) is 7.40. The number of imidazole rings is 1. The van der Waals surface area contributed by atoms with Crippen LogP contribution < -0.4 is 0 Å². The highest BCUT2D eigenvalue weighted by molar-refractivity contribution is 5.71. The Kier molecular flexibility index (Phi) is 5.17. The molecule has 0 aliphatic carbocycles. The zero-order valence-electron chi connectivity index (χ0n) is 12.7. The van der Waals surface area contributed by atoms with Crippen molar-refractivity contribution in [3.8, 4) is 0 Å². The Balaban J connectivity index is 1.82. The topological polar surface area (TPSA) is 47.4 Å². The first kappa shape index (κ1) is 15.0. The van der Waals surface area contributed by atoms with Crippen molar-refractivity contribution >= 4 is 5.97 Å². The van der Waals surface area contributed by atoms with Crippen LogP contribution in [0, 0.1) is 5.92 Å². The molecule has 1 saturated heterocycles. The molecular formula is C15H25N3O2. The van der Waals surface area contributed by atoms with Crippen LogP contribution in [-0.2, 0) is 16.1 Å². The molecule has 2 heterocycles. The first-order chi connectivity index (χ1) is 9.60. The normalized spacial score (nSPS) is 17.6. The van der Waals surface area contributed by atoms with Gasteiger partial charge in [0.15, 0.2) is 0 Å². The lowest BCUT2D eigenvalue weighted by atomic mass is 9.96. The van der Waals surface area contributed by atoms with Crippen molar-refractivity contribution in [3.05, 3.63) is 18.2 Å². The summed E-state index contributed by atoms with van der Waals surface area (Å²) >= 11 is 0. The standard InChI is InChI=1S/C15H25N3O2/c1-12(2)15-16-6-9-18(15)10-13-4-7-17(8-5-13)11-14(19)20-3/h6,9,12-13H,4-5,7-8,10-11H2,1-3H3. The summed E-state index contributed by atoms with van der Waals surface area (Å²) < 4.78 is 7.00. The van der Waals surface area contributed by atoms with Crippen molar-refractivity contribution in [1.29, 1.82) is 0 Å². The lowest BCUT2D eigenvalue weighted by Crippen LogP contribution is -2.38. The fourth-order valence-electron chi connectivity index (χ4n) is 2.83. The molecule has 1 aliphatic rings. The summed E-state index contributed by atoms with van der Waals surface area (Å²) in [6.07, 6.45) is 6.23. The van der Waals surface area contributed by atoms with Gasteiger partial charge in [-0.25, -0.2) is 4.98 Å². The van der Waals surface area contributed by atoms with E-state index < -0.39 is 0 Å². The van der Waals surface area contributed by atoms with E-state index in [1.165, 1.54) is 12.9 Å². The van der Waals surface area contributed by atoms with Crippen LogP contribution in [0.25, 0.3) is 0 Å². The average Bonchev–Trinajstić information content (AvgIpc) is 2.89. The molecule has 0 unspecified atom stereocenters. The van der Waals surface area contributed by atoms with Gasteiger partial charge in [-0.3, -0.25) is 9.69 Å². The maximum atomic E-state index is 11.3. The van der Waals surface area contributed by atoms with E-state index >= 15 is 0 Å². The molecular weight excluding hydrogens is 254 g/mol. The third kappa shape index (κ3) is 3.82. The van der Waals surface area contributed by atoms with Crippen molar-refractivity contribution in [3.63, 3.8) is 0 Å². The van der Waals surface area contributed by atoms with Gasteiger partial charge in [-0.15, -0.1) is 0 Å². The van der Waals surface area contributed by atoms with E-state index in [0.29, 0.717) is 18.4 Å². The molecule has 0 amide bonds. The number of carbonyl (C=O) groups is 1. The van der Waals surface area contributed by atoms with Gasteiger partial charge in [0.05, 0.1) is 13.7 Å². The molecule has 0 bridgehead atoms. The lowest BCUT2D eigenvalue weighted by Gasteiger charge is -2.31. The second kappa shape index (κ2) is 6.88. The number of aromatic nitrogens is 2. The highest BCUT2D eigenvalue weighted by Gasteiger charge is 2.22. The van der Waals surface area contributed by atoms with Crippen molar-refractivity contribution in [2.45, 2.75) is 39.2 Å². The average molecular weight is 279 g/mol. The van der Waals surface area contributed by atoms with Crippen LogP contribution in [0.5, 0.6) is 0 Å². The predicted molar refractivity (Wildman–Crippen MR) is 77.5 cm³/mol. The first-order valence-corrected chi connectivity index (χ1v) is 7.40. The molecule has 0 saturated carbocycles. The zero-order chi connectivity index (χ0) is 14.5. The van der Waals surface area contributed by atoms with E-state index in [0.717, 1.165) is 32.5 Å². The summed E-state index contributed by atoms with van der Waals surface area (Å²) in [4.78, 5) is 17.9. The summed E-state index contributed by atoms with van der Waals surface area (Å²) in [6.45, 7) is 7.78. The summed E-state index contributed by atoms with van der Waals surface area (Å²) in [5, 5.41) is 0. The van der Waals surface area contributed by atoms with E-state index in [2.05, 4.69) is 34.5 Å². The number of nitrogens with zero attached hydrogens (tertiary/aromatic N) is 3. The molecule has 5 nitrogen and oxygen atoms in total. The molecule has 1 aliphatic heterocycles. The molecule has 20 heavy (non-hydrogen) atoms. The van der Waals surface area contributed by atoms with Gasteiger partial charge < -0.3 is 9.30 Å². The molecule has 0 atom stereocenters. The zero-order valence-corrected chi connectivity index (χ0v) is 12.7. The Bertz CT molecular complexity index is 434. The van der Waals surface area contributed by atoms with Crippen LogP contribution in [0.1, 0.15) is 38.4 Å². The van der Waals surface area contributed by atoms with Crippen LogP contribution in [0.2, 0.25) is 0 Å². The number of piperidine rings is 1. The van der Waals surface area contributed by atoms with E-state index in [1.54, 1.807) is 0 Å². The van der Waals surface area contributed by atoms with Crippen LogP contribution in [0.15, 0.2) is 12.4 Å². The molecule has 0 N–H and O–H groups in total. The largest absolute Gasteiger partial charge is 0.468 e. The Morgan fingerprint density at radius 2 is 2.15 bits per heavy atom. The number of esters is 1. The smallest absolute Gasteiger partial charge is 0.319 e. The van der Waals surface area contributed by atoms with Crippen molar-refractivity contribution in [2.75, 3.05) is 26.7 Å². The van der Waals surface area contributed by atoms with Gasteiger partial charge in [0, 0.05) is 24.9 Å². The molecule has 1 aromatic heterocycles. The SMILES string of the molecule is COC(=O)CN1CCC(Cn2ccnc2C(C)C)CC1. The van der Waals surface area contributed by atoms with Gasteiger partial charge in [-0.1, -0.05) is 13.8 Å². The number of hydrogen-bond donors (Lipinski definition) is 0. The fraction of sp³-hybridized carbons (Fsp3) is 0.733. The van der Waals surface area contributed by atoms with E-state index in [4.69, 9.17) is 4.74 Å². The van der Waals surface area contributed by atoms with E-state index in [1.807, 2.05) is 6.20 Å². The Morgan fingerprint density at radius 3 is 2.75 bits per heavy atom. The molecule has 5 heteroatoms. The number of ether oxygens (including phenoxy) is 1. The number of carbonyl (C=O) groups excluding carboxylic acids is 1. The Hall–Kier alpha value is -1.36. The number of likely N-dealkylation sites (tertiary alicyclic amines) is 1. The minimum absolute atomic E-state index is 0.139. The summed E-state index contributed by atoms with van der Waals surface area (Å²) in [5.74, 6) is 2.17. The second-order valence-electron chi connectivity index (χ2n) is 5.89. The van der Waals surface area contributed by atoms with Crippen LogP contribution >= 0.6 is 0 Å². The summed E-state index contributed by atoms with van der Waals surface area (Å²) in [7, 11) is 1.45. The fourth-order valence-corrected chi connectivity index (χ4v) is 2.83. The maximum Gasteiger partial charge on any atom is 0.319 e. The van der Waals surface area contributed by atoms with Gasteiger partial charge in [0.1, 0.15) is 5.82 Å². The third-order valence-corrected chi connectivity index (χ3v) is 4.01. The van der Waals surface area contributed by atoms with Gasteiger partial charge >= 0.3 is 5.97 Å². The monoisotopic (exact) mass is 279 g/mol. The number of methoxy groups -OCH3 is 1. The van der Waals surface area contributed by atoms with Crippen LogP contribution in [0.4, 0.5) is 0 Å². The van der Waals surface area contributed by atoms with Crippen LogP contribution in [-0.4, -0.2) is 47.2 Å². The van der Waals surface area contributed by atoms with Crippen LogP contribution in [0.3, 0.4) is 0 Å². The quantitative estimate of drug-likeness (QED) is 0.772. The number of rotatable bonds is 5. The van der Waals surface area contributed by atoms with Crippen molar-refractivity contribution in [2.24, 2.45) is 5.92 Å². The molecule has 1 aromatic rings. The summed E-state index contributed by atoms with van der Waals surface area (Å²) in [5.41, 5.74) is 0. The van der Waals surface area contributed by atoms with Gasteiger partial charge in [0.2, 0.25) is 0 Å². The Labute approximate surface area is 120 Å². The van der Waals surface area contributed by atoms with Gasteiger partial charge in [-0.05, 0) is 31.8 Å². The second-order valence-corrected chi connectivity index (χ2v) is 5.89. The van der Waals surface area contributed by atoms with E-state index in [9.17, 15) is 4.79 Å². The minimum Gasteiger partial charge on any atom is -0.468 e. The Morgan fingerprint density at radius 1 is 1.45 bits per heavy atom. The molecule has 1 fully saturated rings. The molecule has 112 valence electrons. The van der Waals surface area contributed by atoms with Gasteiger partial charge in [0.25, 0.3) is 0 Å². The molecule has 0 aromatic carbocycles.